The van der Waals surface area contributed by atoms with E-state index in [0.717, 1.165) is 25.1 Å². The first kappa shape index (κ1) is 18.5. The summed E-state index contributed by atoms with van der Waals surface area (Å²) >= 11 is 0. The normalized spacial score (nSPS) is 17.3. The van der Waals surface area contributed by atoms with Crippen LogP contribution in [0.4, 0.5) is 4.39 Å². The molecule has 1 aromatic carbocycles. The van der Waals surface area contributed by atoms with Crippen molar-refractivity contribution in [3.05, 3.63) is 40.7 Å². The molecule has 7 heteroatoms. The summed E-state index contributed by atoms with van der Waals surface area (Å²) in [6.07, 6.45) is 3.71. The number of nitrogens with zero attached hydrogens (tertiary/aromatic N) is 3. The van der Waals surface area contributed by atoms with E-state index in [1.165, 1.54) is 35.9 Å². The van der Waals surface area contributed by atoms with E-state index in [4.69, 9.17) is 0 Å². The molecular formula is C19H25FN4O2. The first-order valence-electron chi connectivity index (χ1n) is 9.09. The van der Waals surface area contributed by atoms with Gasteiger partial charge in [0.1, 0.15) is 12.4 Å². The van der Waals surface area contributed by atoms with Crippen LogP contribution in [0.1, 0.15) is 26.7 Å². The second kappa shape index (κ2) is 7.95. The number of carbonyl (C=O) groups excluding carboxylic acids is 1. The fourth-order valence-corrected chi connectivity index (χ4v) is 3.31. The molecule has 1 N–H and O–H groups in total. The van der Waals surface area contributed by atoms with Gasteiger partial charge in [0.15, 0.2) is 0 Å². The Hall–Kier alpha value is -2.28. The van der Waals surface area contributed by atoms with Crippen LogP contribution in [0.15, 0.2) is 29.3 Å². The Bertz CT molecular complexity index is 843. The third-order valence-corrected chi connectivity index (χ3v) is 5.14. The predicted molar refractivity (Wildman–Crippen MR) is 98.4 cm³/mol. The Kier molecular flexibility index (Phi) is 5.66. The summed E-state index contributed by atoms with van der Waals surface area (Å²) in [5.74, 6) is 0.0234. The standard InChI is InChI=1S/C19H25FN4O2/c1-13-5-7-23(8-6-13)14(2)10-21-18(25)11-24-12-22-17-4-3-15(20)9-16(17)19(24)26/h3-4,9,12-14H,5-8,10-11H2,1-2H3,(H,21,25). The molecule has 0 aliphatic carbocycles. The first-order chi connectivity index (χ1) is 12.4. The van der Waals surface area contributed by atoms with Gasteiger partial charge in [-0.2, -0.15) is 0 Å². The molecule has 1 aromatic heterocycles. The minimum absolute atomic E-state index is 0.123. The molecule has 2 aromatic rings. The summed E-state index contributed by atoms with van der Waals surface area (Å²) in [6, 6.07) is 4.12. The lowest BCUT2D eigenvalue weighted by Gasteiger charge is -2.35. The van der Waals surface area contributed by atoms with Gasteiger partial charge in [0.2, 0.25) is 5.91 Å². The lowest BCUT2D eigenvalue weighted by Crippen LogP contribution is -2.46. The van der Waals surface area contributed by atoms with Crippen molar-refractivity contribution in [2.24, 2.45) is 5.92 Å². The molecule has 0 bridgehead atoms. The zero-order chi connectivity index (χ0) is 18.7. The Balaban J connectivity index is 1.59. The fraction of sp³-hybridized carbons (Fsp3) is 0.526. The van der Waals surface area contributed by atoms with Crippen molar-refractivity contribution in [2.45, 2.75) is 39.3 Å². The van der Waals surface area contributed by atoms with E-state index < -0.39 is 11.4 Å². The molecule has 6 nitrogen and oxygen atoms in total. The molecule has 26 heavy (non-hydrogen) atoms. The number of halogens is 1. The molecule has 1 atom stereocenters. The third kappa shape index (κ3) is 4.27. The minimum Gasteiger partial charge on any atom is -0.353 e. The number of hydrogen-bond donors (Lipinski definition) is 1. The average Bonchev–Trinajstić information content (AvgIpc) is 2.63. The molecule has 1 unspecified atom stereocenters. The van der Waals surface area contributed by atoms with Crippen LogP contribution in [0, 0.1) is 11.7 Å². The van der Waals surface area contributed by atoms with E-state index in [1.54, 1.807) is 0 Å². The molecule has 1 aliphatic heterocycles. The van der Waals surface area contributed by atoms with Gasteiger partial charge in [0, 0.05) is 12.6 Å². The number of aromatic nitrogens is 2. The quantitative estimate of drug-likeness (QED) is 0.883. The maximum atomic E-state index is 13.4. The van der Waals surface area contributed by atoms with Crippen LogP contribution in [0.3, 0.4) is 0 Å². The monoisotopic (exact) mass is 360 g/mol. The Morgan fingerprint density at radius 2 is 2.12 bits per heavy atom. The van der Waals surface area contributed by atoms with Gasteiger partial charge in [0.05, 0.1) is 17.2 Å². The maximum absolute atomic E-state index is 13.4. The van der Waals surface area contributed by atoms with Crippen molar-refractivity contribution in [1.29, 1.82) is 0 Å². The summed E-state index contributed by atoms with van der Waals surface area (Å²) in [5, 5.41) is 3.06. The van der Waals surface area contributed by atoms with Crippen molar-refractivity contribution in [1.82, 2.24) is 19.8 Å². The highest BCUT2D eigenvalue weighted by molar-refractivity contribution is 5.79. The number of piperidine rings is 1. The summed E-state index contributed by atoms with van der Waals surface area (Å²) in [5.41, 5.74) is 0.00345. The van der Waals surface area contributed by atoms with Gasteiger partial charge in [-0.25, -0.2) is 9.37 Å². The van der Waals surface area contributed by atoms with Crippen LogP contribution < -0.4 is 10.9 Å². The van der Waals surface area contributed by atoms with E-state index in [0.29, 0.717) is 12.1 Å². The second-order valence-corrected chi connectivity index (χ2v) is 7.21. The van der Waals surface area contributed by atoms with Crippen LogP contribution in [0.5, 0.6) is 0 Å². The SMILES string of the molecule is CC1CCN(C(C)CNC(=O)Cn2cnc3ccc(F)cc3c2=O)CC1. The van der Waals surface area contributed by atoms with Crippen molar-refractivity contribution in [3.63, 3.8) is 0 Å². The topological polar surface area (TPSA) is 67.2 Å². The van der Waals surface area contributed by atoms with Crippen LogP contribution >= 0.6 is 0 Å². The molecule has 140 valence electrons. The Morgan fingerprint density at radius 3 is 2.85 bits per heavy atom. The number of likely N-dealkylation sites (tertiary alicyclic amines) is 1. The molecule has 1 amide bonds. The Labute approximate surface area is 152 Å². The third-order valence-electron chi connectivity index (χ3n) is 5.14. The lowest BCUT2D eigenvalue weighted by atomic mass is 9.98. The molecule has 0 saturated carbocycles. The van der Waals surface area contributed by atoms with Crippen molar-refractivity contribution in [3.8, 4) is 0 Å². The van der Waals surface area contributed by atoms with Gasteiger partial charge < -0.3 is 5.32 Å². The number of nitrogens with one attached hydrogen (secondary N) is 1. The van der Waals surface area contributed by atoms with Gasteiger partial charge in [-0.1, -0.05) is 6.92 Å². The van der Waals surface area contributed by atoms with Gasteiger partial charge >= 0.3 is 0 Å². The number of carbonyl (C=O) groups is 1. The second-order valence-electron chi connectivity index (χ2n) is 7.21. The smallest absolute Gasteiger partial charge is 0.261 e. The zero-order valence-corrected chi connectivity index (χ0v) is 15.2. The summed E-state index contributed by atoms with van der Waals surface area (Å²) in [4.78, 5) is 31.1. The van der Waals surface area contributed by atoms with Crippen LogP contribution in [0.25, 0.3) is 10.9 Å². The average molecular weight is 360 g/mol. The highest BCUT2D eigenvalue weighted by Gasteiger charge is 2.20. The molecule has 0 spiro atoms. The molecule has 1 aliphatic rings. The van der Waals surface area contributed by atoms with Crippen LogP contribution in [-0.2, 0) is 11.3 Å². The Morgan fingerprint density at radius 1 is 1.38 bits per heavy atom. The van der Waals surface area contributed by atoms with Crippen molar-refractivity contribution >= 4 is 16.8 Å². The molecular weight excluding hydrogens is 335 g/mol. The van der Waals surface area contributed by atoms with Crippen molar-refractivity contribution in [2.75, 3.05) is 19.6 Å². The maximum Gasteiger partial charge on any atom is 0.261 e. The highest BCUT2D eigenvalue weighted by Crippen LogP contribution is 2.17. The summed E-state index contributed by atoms with van der Waals surface area (Å²) in [6.45, 7) is 6.89. The largest absolute Gasteiger partial charge is 0.353 e. The van der Waals surface area contributed by atoms with Gasteiger partial charge in [-0.3, -0.25) is 19.1 Å². The van der Waals surface area contributed by atoms with E-state index >= 15 is 0 Å². The number of hydrogen-bond acceptors (Lipinski definition) is 4. The predicted octanol–water partition coefficient (Wildman–Crippen LogP) is 1.77. The highest BCUT2D eigenvalue weighted by atomic mass is 19.1. The molecule has 3 rings (SSSR count). The first-order valence-corrected chi connectivity index (χ1v) is 9.09. The summed E-state index contributed by atoms with van der Waals surface area (Å²) < 4.78 is 14.6. The van der Waals surface area contributed by atoms with E-state index in [2.05, 4.69) is 29.0 Å². The minimum atomic E-state index is -0.497. The van der Waals surface area contributed by atoms with E-state index in [9.17, 15) is 14.0 Å². The molecule has 1 saturated heterocycles. The van der Waals surface area contributed by atoms with Gasteiger partial charge in [-0.15, -0.1) is 0 Å². The van der Waals surface area contributed by atoms with Crippen LogP contribution in [0.2, 0.25) is 0 Å². The van der Waals surface area contributed by atoms with E-state index in [1.807, 2.05) is 0 Å². The fourth-order valence-electron chi connectivity index (χ4n) is 3.31. The van der Waals surface area contributed by atoms with Gasteiger partial charge in [-0.05, 0) is 57.0 Å². The van der Waals surface area contributed by atoms with E-state index in [-0.39, 0.29) is 23.9 Å². The molecule has 2 heterocycles. The molecule has 0 radical (unpaired) electrons. The van der Waals surface area contributed by atoms with Gasteiger partial charge in [0.25, 0.3) is 5.56 Å². The number of fused-ring (bicyclic) bond motifs is 1. The lowest BCUT2D eigenvalue weighted by molar-refractivity contribution is -0.122. The molecule has 1 fully saturated rings. The number of amides is 1. The number of benzene rings is 1. The zero-order valence-electron chi connectivity index (χ0n) is 15.2. The number of rotatable bonds is 5. The van der Waals surface area contributed by atoms with Crippen LogP contribution in [-0.4, -0.2) is 46.0 Å². The summed E-state index contributed by atoms with van der Waals surface area (Å²) in [7, 11) is 0. The van der Waals surface area contributed by atoms with Crippen molar-refractivity contribution < 1.29 is 9.18 Å².